The monoisotopic (exact) mass is 348 g/mol. The van der Waals surface area contributed by atoms with Crippen LogP contribution in [0.2, 0.25) is 0 Å². The fraction of sp³-hybridized carbons (Fsp3) is 0.412. The predicted molar refractivity (Wildman–Crippen MR) is 91.4 cm³/mol. The zero-order chi connectivity index (χ0) is 15.2. The van der Waals surface area contributed by atoms with E-state index in [4.69, 9.17) is 0 Å². The van der Waals surface area contributed by atoms with Crippen molar-refractivity contribution in [3.05, 3.63) is 34.9 Å². The van der Waals surface area contributed by atoms with Crippen molar-refractivity contribution in [2.75, 3.05) is 5.32 Å². The maximum absolute atomic E-state index is 12.5. The van der Waals surface area contributed by atoms with Crippen molar-refractivity contribution >= 4 is 38.4 Å². The van der Waals surface area contributed by atoms with E-state index in [1.807, 2.05) is 24.3 Å². The number of rotatable bonds is 6. The van der Waals surface area contributed by atoms with Gasteiger partial charge in [0.25, 0.3) is 0 Å². The molecule has 4 heteroatoms. The summed E-state index contributed by atoms with van der Waals surface area (Å²) in [7, 11) is 0. The minimum absolute atomic E-state index is 0.0886. The lowest BCUT2D eigenvalue weighted by molar-refractivity contribution is -0.120. The molecule has 0 fully saturated rings. The predicted octanol–water partition coefficient (Wildman–Crippen LogP) is 5.15. The van der Waals surface area contributed by atoms with E-state index in [1.54, 1.807) is 6.20 Å². The van der Waals surface area contributed by atoms with Gasteiger partial charge in [-0.15, -0.1) is 0 Å². The van der Waals surface area contributed by atoms with Gasteiger partial charge < -0.3 is 5.32 Å². The van der Waals surface area contributed by atoms with Crippen LogP contribution in [0.15, 0.2) is 34.9 Å². The van der Waals surface area contributed by atoms with Crippen LogP contribution in [0.4, 0.5) is 5.69 Å². The standard InChI is InChI=1S/C17H21BrN2O/c1-3-6-12(7-4-2)17(21)20-15-9-5-8-13-10-14(18)11-19-16(13)15/h5,8-12H,3-4,6-7H2,1-2H3,(H,20,21). The molecule has 21 heavy (non-hydrogen) atoms. The van der Waals surface area contributed by atoms with E-state index in [1.165, 1.54) is 0 Å². The minimum atomic E-state index is 0.0886. The Morgan fingerprint density at radius 1 is 1.29 bits per heavy atom. The molecule has 0 aliphatic heterocycles. The second-order valence-electron chi connectivity index (χ2n) is 5.29. The first-order valence-electron chi connectivity index (χ1n) is 7.50. The van der Waals surface area contributed by atoms with Crippen LogP contribution in [0, 0.1) is 5.92 Å². The summed E-state index contributed by atoms with van der Waals surface area (Å²) in [5, 5.41) is 4.08. The number of amides is 1. The topological polar surface area (TPSA) is 42.0 Å². The third-order valence-corrected chi connectivity index (χ3v) is 4.01. The Labute approximate surface area is 134 Å². The number of halogens is 1. The molecule has 0 unspecified atom stereocenters. The van der Waals surface area contributed by atoms with Gasteiger partial charge in [0.2, 0.25) is 5.91 Å². The Morgan fingerprint density at radius 2 is 2.00 bits per heavy atom. The van der Waals surface area contributed by atoms with Gasteiger partial charge in [-0.1, -0.05) is 38.8 Å². The molecule has 0 spiro atoms. The van der Waals surface area contributed by atoms with E-state index in [-0.39, 0.29) is 11.8 Å². The molecule has 0 atom stereocenters. The summed E-state index contributed by atoms with van der Waals surface area (Å²) in [6.45, 7) is 4.24. The molecule has 2 rings (SSSR count). The van der Waals surface area contributed by atoms with Crippen molar-refractivity contribution in [3.8, 4) is 0 Å². The first-order valence-corrected chi connectivity index (χ1v) is 8.30. The van der Waals surface area contributed by atoms with Gasteiger partial charge in [-0.25, -0.2) is 0 Å². The highest BCUT2D eigenvalue weighted by atomic mass is 79.9. The van der Waals surface area contributed by atoms with Crippen molar-refractivity contribution in [1.82, 2.24) is 4.98 Å². The molecule has 0 aliphatic rings. The summed E-state index contributed by atoms with van der Waals surface area (Å²) in [6.07, 6.45) is 5.68. The normalized spacial score (nSPS) is 11.0. The summed E-state index contributed by atoms with van der Waals surface area (Å²) in [6, 6.07) is 7.86. The number of para-hydroxylation sites is 1. The third kappa shape index (κ3) is 4.03. The van der Waals surface area contributed by atoms with Crippen LogP contribution in [-0.2, 0) is 4.79 Å². The van der Waals surface area contributed by atoms with Crippen LogP contribution in [0.1, 0.15) is 39.5 Å². The summed E-state index contributed by atoms with van der Waals surface area (Å²) in [5.74, 6) is 0.196. The molecular weight excluding hydrogens is 328 g/mol. The molecular formula is C17H21BrN2O. The Kier molecular flexibility index (Phi) is 5.74. The fourth-order valence-electron chi connectivity index (χ4n) is 2.57. The number of carbonyl (C=O) groups excluding carboxylic acids is 1. The molecule has 0 bridgehead atoms. The Balaban J connectivity index is 2.24. The fourth-order valence-corrected chi connectivity index (χ4v) is 2.92. The van der Waals surface area contributed by atoms with Crippen LogP contribution in [0.25, 0.3) is 10.9 Å². The maximum Gasteiger partial charge on any atom is 0.227 e. The lowest BCUT2D eigenvalue weighted by atomic mass is 9.97. The first-order chi connectivity index (χ1) is 10.2. The number of pyridine rings is 1. The molecule has 0 saturated heterocycles. The number of fused-ring (bicyclic) bond motifs is 1. The van der Waals surface area contributed by atoms with Crippen LogP contribution >= 0.6 is 15.9 Å². The van der Waals surface area contributed by atoms with Crippen molar-refractivity contribution in [1.29, 1.82) is 0 Å². The highest BCUT2D eigenvalue weighted by Crippen LogP contribution is 2.25. The van der Waals surface area contributed by atoms with Crippen molar-refractivity contribution < 1.29 is 4.79 Å². The number of nitrogens with one attached hydrogen (secondary N) is 1. The van der Waals surface area contributed by atoms with Gasteiger partial charge in [0.15, 0.2) is 0 Å². The molecule has 1 aromatic carbocycles. The number of carbonyl (C=O) groups is 1. The lowest BCUT2D eigenvalue weighted by Crippen LogP contribution is -2.22. The third-order valence-electron chi connectivity index (χ3n) is 3.58. The van der Waals surface area contributed by atoms with Gasteiger partial charge in [0.1, 0.15) is 0 Å². The zero-order valence-electron chi connectivity index (χ0n) is 12.5. The number of benzene rings is 1. The number of hydrogen-bond acceptors (Lipinski definition) is 2. The van der Waals surface area contributed by atoms with Gasteiger partial charge in [-0.05, 0) is 40.9 Å². The van der Waals surface area contributed by atoms with Gasteiger partial charge in [0, 0.05) is 22.0 Å². The van der Waals surface area contributed by atoms with E-state index >= 15 is 0 Å². The van der Waals surface area contributed by atoms with Crippen LogP contribution in [0.5, 0.6) is 0 Å². The molecule has 1 heterocycles. The summed E-state index contributed by atoms with van der Waals surface area (Å²) in [4.78, 5) is 16.9. The van der Waals surface area contributed by atoms with E-state index in [0.717, 1.165) is 46.7 Å². The Hall–Kier alpha value is -1.42. The highest BCUT2D eigenvalue weighted by molar-refractivity contribution is 9.10. The first kappa shape index (κ1) is 16.0. The maximum atomic E-state index is 12.5. The van der Waals surface area contributed by atoms with E-state index in [2.05, 4.69) is 40.1 Å². The van der Waals surface area contributed by atoms with Crippen LogP contribution in [0.3, 0.4) is 0 Å². The average molecular weight is 349 g/mol. The molecule has 0 radical (unpaired) electrons. The van der Waals surface area contributed by atoms with Crippen molar-refractivity contribution in [3.63, 3.8) is 0 Å². The quantitative estimate of drug-likeness (QED) is 0.783. The van der Waals surface area contributed by atoms with Gasteiger partial charge in [-0.3, -0.25) is 9.78 Å². The number of anilines is 1. The second-order valence-corrected chi connectivity index (χ2v) is 6.21. The Bertz CT molecular complexity index is 621. The highest BCUT2D eigenvalue weighted by Gasteiger charge is 2.17. The SMILES string of the molecule is CCCC(CCC)C(=O)Nc1cccc2cc(Br)cnc12. The number of nitrogens with zero attached hydrogens (tertiary/aromatic N) is 1. The molecule has 0 aliphatic carbocycles. The van der Waals surface area contributed by atoms with Crippen molar-refractivity contribution in [2.45, 2.75) is 39.5 Å². The summed E-state index contributed by atoms with van der Waals surface area (Å²) < 4.78 is 0.938. The number of aromatic nitrogens is 1. The molecule has 0 saturated carbocycles. The number of hydrogen-bond donors (Lipinski definition) is 1. The van der Waals surface area contributed by atoms with E-state index < -0.39 is 0 Å². The summed E-state index contributed by atoms with van der Waals surface area (Å²) >= 11 is 3.42. The molecule has 3 nitrogen and oxygen atoms in total. The van der Waals surface area contributed by atoms with Crippen LogP contribution < -0.4 is 5.32 Å². The largest absolute Gasteiger partial charge is 0.324 e. The molecule has 1 amide bonds. The smallest absolute Gasteiger partial charge is 0.227 e. The summed E-state index contributed by atoms with van der Waals surface area (Å²) in [5.41, 5.74) is 1.63. The lowest BCUT2D eigenvalue weighted by Gasteiger charge is -2.16. The second kappa shape index (κ2) is 7.55. The molecule has 2 aromatic rings. The molecule has 1 aromatic heterocycles. The van der Waals surface area contributed by atoms with Gasteiger partial charge >= 0.3 is 0 Å². The van der Waals surface area contributed by atoms with Gasteiger partial charge in [-0.2, -0.15) is 0 Å². The average Bonchev–Trinajstić information content (AvgIpc) is 2.47. The molecule has 112 valence electrons. The van der Waals surface area contributed by atoms with Gasteiger partial charge in [0.05, 0.1) is 11.2 Å². The van der Waals surface area contributed by atoms with Crippen molar-refractivity contribution in [2.24, 2.45) is 5.92 Å². The minimum Gasteiger partial charge on any atom is -0.324 e. The van der Waals surface area contributed by atoms with Crippen LogP contribution in [-0.4, -0.2) is 10.9 Å². The van der Waals surface area contributed by atoms with E-state index in [9.17, 15) is 4.79 Å². The van der Waals surface area contributed by atoms with E-state index in [0.29, 0.717) is 0 Å². The molecule has 1 N–H and O–H groups in total. The Morgan fingerprint density at radius 3 is 2.67 bits per heavy atom. The zero-order valence-corrected chi connectivity index (χ0v) is 14.1.